The Morgan fingerprint density at radius 1 is 0.833 bits per heavy atom. The van der Waals surface area contributed by atoms with E-state index < -0.39 is 0 Å². The van der Waals surface area contributed by atoms with E-state index >= 15 is 0 Å². The number of hydrogen-bond donors (Lipinski definition) is 0. The van der Waals surface area contributed by atoms with Gasteiger partial charge in [0.15, 0.2) is 5.82 Å². The molecule has 2 heterocycles. The van der Waals surface area contributed by atoms with Gasteiger partial charge < -0.3 is 0 Å². The lowest BCUT2D eigenvalue weighted by Gasteiger charge is -2.20. The number of aryl methyl sites for hydroxylation is 2. The van der Waals surface area contributed by atoms with E-state index in [1.807, 2.05) is 4.68 Å². The van der Waals surface area contributed by atoms with E-state index in [4.69, 9.17) is 5.10 Å². The van der Waals surface area contributed by atoms with E-state index in [1.165, 1.54) is 11.1 Å². The molecule has 0 saturated heterocycles. The Labute approximate surface area is 145 Å². The molecule has 0 saturated carbocycles. The summed E-state index contributed by atoms with van der Waals surface area (Å²) in [7, 11) is 0. The lowest BCUT2D eigenvalue weighted by molar-refractivity contribution is 0.754. The van der Waals surface area contributed by atoms with Crippen LogP contribution in [0.5, 0.6) is 0 Å². The average Bonchev–Trinajstić information content (AvgIpc) is 2.98. The third-order valence-corrected chi connectivity index (χ3v) is 5.19. The Hall–Kier alpha value is -2.40. The molecule has 1 atom stereocenters. The van der Waals surface area contributed by atoms with Crippen molar-refractivity contribution in [3.8, 4) is 11.4 Å². The van der Waals surface area contributed by atoms with Crippen molar-refractivity contribution in [2.45, 2.75) is 31.2 Å². The van der Waals surface area contributed by atoms with Crippen LogP contribution in [0.15, 0.2) is 58.8 Å². The summed E-state index contributed by atoms with van der Waals surface area (Å²) in [5.41, 5.74) is 5.71. The van der Waals surface area contributed by atoms with Gasteiger partial charge in [0.05, 0.1) is 11.0 Å². The van der Waals surface area contributed by atoms with Crippen LogP contribution in [0, 0.1) is 13.8 Å². The summed E-state index contributed by atoms with van der Waals surface area (Å²) >= 11 is 1.70. The predicted molar refractivity (Wildman–Crippen MR) is 98.6 cm³/mol. The van der Waals surface area contributed by atoms with Crippen LogP contribution in [-0.4, -0.2) is 25.8 Å². The zero-order valence-corrected chi connectivity index (χ0v) is 14.7. The highest BCUT2D eigenvalue weighted by atomic mass is 32.2. The zero-order valence-electron chi connectivity index (χ0n) is 13.9. The van der Waals surface area contributed by atoms with Crippen LogP contribution in [0.1, 0.15) is 23.6 Å². The Kier molecular flexibility index (Phi) is 3.73. The number of hydrogen-bond acceptors (Lipinski definition) is 4. The lowest BCUT2D eigenvalue weighted by Crippen LogP contribution is -2.21. The molecule has 0 aliphatic carbocycles. The number of nitrogens with zero attached hydrogens (tertiary/aromatic N) is 4. The minimum absolute atomic E-state index is 0.246. The number of aromatic nitrogens is 3. The van der Waals surface area contributed by atoms with Gasteiger partial charge in [0.25, 0.3) is 0 Å². The van der Waals surface area contributed by atoms with E-state index in [0.29, 0.717) is 0 Å². The molecular formula is C19H18N4S. The molecule has 4 nitrogen and oxygen atoms in total. The molecule has 3 aromatic rings. The normalized spacial score (nSPS) is 16.6. The molecule has 1 aromatic heterocycles. The third-order valence-electron chi connectivity index (χ3n) is 4.14. The molecule has 2 aromatic carbocycles. The van der Waals surface area contributed by atoms with E-state index in [9.17, 15) is 0 Å². The highest BCUT2D eigenvalue weighted by molar-refractivity contribution is 8.00. The van der Waals surface area contributed by atoms with Crippen molar-refractivity contribution in [1.82, 2.24) is 14.9 Å². The van der Waals surface area contributed by atoms with E-state index in [0.717, 1.165) is 27.8 Å². The van der Waals surface area contributed by atoms with Crippen molar-refractivity contribution in [2.75, 3.05) is 0 Å². The van der Waals surface area contributed by atoms with Crippen LogP contribution < -0.4 is 0 Å². The van der Waals surface area contributed by atoms with Crippen molar-refractivity contribution < 1.29 is 0 Å². The van der Waals surface area contributed by atoms with Gasteiger partial charge in [-0.3, -0.25) is 0 Å². The second-order valence-corrected chi connectivity index (χ2v) is 7.40. The van der Waals surface area contributed by atoms with Gasteiger partial charge in [0.2, 0.25) is 5.16 Å². The minimum atomic E-state index is 0.246. The average molecular weight is 334 g/mol. The van der Waals surface area contributed by atoms with Crippen LogP contribution in [0.2, 0.25) is 0 Å². The first-order chi connectivity index (χ1) is 11.6. The summed E-state index contributed by atoms with van der Waals surface area (Å²) in [6, 6.07) is 16.8. The van der Waals surface area contributed by atoms with Crippen LogP contribution in [0.3, 0.4) is 0 Å². The monoisotopic (exact) mass is 334 g/mol. The first-order valence-corrected chi connectivity index (χ1v) is 8.85. The molecule has 1 aliphatic heterocycles. The van der Waals surface area contributed by atoms with Gasteiger partial charge in [-0.2, -0.15) is 9.78 Å². The van der Waals surface area contributed by atoms with Gasteiger partial charge >= 0.3 is 0 Å². The minimum Gasteiger partial charge on any atom is -0.187 e. The molecule has 0 bridgehead atoms. The molecule has 4 rings (SSSR count). The molecule has 0 fully saturated rings. The maximum absolute atomic E-state index is 4.87. The summed E-state index contributed by atoms with van der Waals surface area (Å²) in [4.78, 5) is 0. The second-order valence-electron chi connectivity index (χ2n) is 6.10. The maximum Gasteiger partial charge on any atom is 0.213 e. The van der Waals surface area contributed by atoms with Gasteiger partial charge in [-0.1, -0.05) is 71.4 Å². The number of benzene rings is 2. The van der Waals surface area contributed by atoms with Gasteiger partial charge in [0.1, 0.15) is 0 Å². The first kappa shape index (κ1) is 15.1. The van der Waals surface area contributed by atoms with Gasteiger partial charge in [0, 0.05) is 5.56 Å². The Morgan fingerprint density at radius 3 is 2.04 bits per heavy atom. The fourth-order valence-corrected chi connectivity index (χ4v) is 3.66. The summed E-state index contributed by atoms with van der Waals surface area (Å²) in [6.45, 7) is 6.33. The molecular weight excluding hydrogens is 316 g/mol. The van der Waals surface area contributed by atoms with Crippen molar-refractivity contribution in [2.24, 2.45) is 5.10 Å². The number of thioether (sulfide) groups is 1. The van der Waals surface area contributed by atoms with E-state index in [-0.39, 0.29) is 5.25 Å². The van der Waals surface area contributed by atoms with E-state index in [1.54, 1.807) is 11.8 Å². The van der Waals surface area contributed by atoms with E-state index in [2.05, 4.69) is 79.5 Å². The predicted octanol–water partition coefficient (Wildman–Crippen LogP) is 4.31. The largest absolute Gasteiger partial charge is 0.213 e. The SMILES string of the molecule is Cc1ccc(C2=Nn3c(nnc3-c3ccc(C)cc3)S[C@@H]2C)cc1. The highest BCUT2D eigenvalue weighted by Gasteiger charge is 2.26. The quantitative estimate of drug-likeness (QED) is 0.701. The molecule has 120 valence electrons. The fraction of sp³-hybridized carbons (Fsp3) is 0.211. The van der Waals surface area contributed by atoms with Gasteiger partial charge in [-0.15, -0.1) is 10.2 Å². The standard InChI is InChI=1S/C19H18N4S/c1-12-4-8-15(9-5-12)17-14(3)24-19-21-20-18(23(19)22-17)16-10-6-13(2)7-11-16/h4-11,14H,1-3H3/t14-/m1/s1. The van der Waals surface area contributed by atoms with Crippen LogP contribution in [-0.2, 0) is 0 Å². The van der Waals surface area contributed by atoms with Gasteiger partial charge in [-0.25, -0.2) is 0 Å². The third kappa shape index (κ3) is 2.65. The fourth-order valence-electron chi connectivity index (χ4n) is 2.73. The smallest absolute Gasteiger partial charge is 0.187 e. The lowest BCUT2D eigenvalue weighted by atomic mass is 10.1. The van der Waals surface area contributed by atoms with Crippen molar-refractivity contribution >= 4 is 17.5 Å². The molecule has 5 heteroatoms. The molecule has 0 spiro atoms. The molecule has 1 aliphatic rings. The number of fused-ring (bicyclic) bond motifs is 1. The molecule has 24 heavy (non-hydrogen) atoms. The number of rotatable bonds is 2. The zero-order chi connectivity index (χ0) is 16.7. The summed E-state index contributed by atoms with van der Waals surface area (Å²) in [5, 5.41) is 14.6. The second kappa shape index (κ2) is 5.91. The van der Waals surface area contributed by atoms with Crippen LogP contribution >= 0.6 is 11.8 Å². The Bertz CT molecular complexity index is 908. The van der Waals surface area contributed by atoms with Crippen molar-refractivity contribution in [3.63, 3.8) is 0 Å². The molecule has 0 amide bonds. The molecule has 0 radical (unpaired) electrons. The highest BCUT2D eigenvalue weighted by Crippen LogP contribution is 2.32. The Balaban J connectivity index is 1.81. The van der Waals surface area contributed by atoms with Crippen molar-refractivity contribution in [3.05, 3.63) is 65.2 Å². The Morgan fingerprint density at radius 2 is 1.42 bits per heavy atom. The van der Waals surface area contributed by atoms with Crippen LogP contribution in [0.25, 0.3) is 11.4 Å². The summed E-state index contributed by atoms with van der Waals surface area (Å²) in [6.07, 6.45) is 0. The van der Waals surface area contributed by atoms with Gasteiger partial charge in [-0.05, 0) is 26.3 Å². The van der Waals surface area contributed by atoms with Crippen LogP contribution in [0.4, 0.5) is 0 Å². The topological polar surface area (TPSA) is 43.1 Å². The first-order valence-electron chi connectivity index (χ1n) is 7.97. The maximum atomic E-state index is 4.87. The molecule has 0 N–H and O–H groups in total. The summed E-state index contributed by atoms with van der Waals surface area (Å²) in [5.74, 6) is 0.786. The summed E-state index contributed by atoms with van der Waals surface area (Å²) < 4.78 is 1.87. The molecule has 0 unspecified atom stereocenters. The van der Waals surface area contributed by atoms with Crippen molar-refractivity contribution in [1.29, 1.82) is 0 Å².